The van der Waals surface area contributed by atoms with Crippen LogP contribution < -0.4 is 10.2 Å². The van der Waals surface area contributed by atoms with Crippen molar-refractivity contribution in [3.05, 3.63) is 78.9 Å². The molecular formula is C30H29N7O4. The Kier molecular flexibility index (Phi) is 7.07. The van der Waals surface area contributed by atoms with Crippen molar-refractivity contribution in [2.45, 2.75) is 13.3 Å². The molecule has 1 aliphatic rings. The third-order valence-corrected chi connectivity index (χ3v) is 7.22. The summed E-state index contributed by atoms with van der Waals surface area (Å²) in [7, 11) is 0. The molecule has 0 aliphatic carbocycles. The van der Waals surface area contributed by atoms with E-state index < -0.39 is 6.09 Å². The third-order valence-electron chi connectivity index (χ3n) is 7.22. The number of esters is 1. The number of benzene rings is 1. The van der Waals surface area contributed by atoms with Gasteiger partial charge in [0.25, 0.3) is 0 Å². The SMILES string of the molecule is CCOC(=O)Cc1ccc(-n2c3cnccc3c3cnc(Nc4ccc(N5CCN(C(=O)O)CC5)cn4)cc32)cc1. The van der Waals surface area contributed by atoms with E-state index in [1.807, 2.05) is 60.9 Å². The topological polar surface area (TPSA) is 126 Å². The van der Waals surface area contributed by atoms with Gasteiger partial charge in [0.2, 0.25) is 0 Å². The summed E-state index contributed by atoms with van der Waals surface area (Å²) in [4.78, 5) is 40.2. The number of carbonyl (C=O) groups is 2. The van der Waals surface area contributed by atoms with Crippen LogP contribution in [-0.4, -0.2) is 74.4 Å². The molecule has 2 N–H and O–H groups in total. The van der Waals surface area contributed by atoms with Crippen LogP contribution >= 0.6 is 0 Å². The largest absolute Gasteiger partial charge is 0.466 e. The third kappa shape index (κ3) is 5.33. The van der Waals surface area contributed by atoms with Crippen molar-refractivity contribution in [3.63, 3.8) is 0 Å². The van der Waals surface area contributed by atoms with Crippen molar-refractivity contribution < 1.29 is 19.4 Å². The lowest BCUT2D eigenvalue weighted by Gasteiger charge is -2.34. The Morgan fingerprint density at radius 2 is 1.63 bits per heavy atom. The predicted octanol–water partition coefficient (Wildman–Crippen LogP) is 4.62. The van der Waals surface area contributed by atoms with E-state index in [1.54, 1.807) is 19.3 Å². The molecule has 0 atom stereocenters. The van der Waals surface area contributed by atoms with Gasteiger partial charge < -0.3 is 29.5 Å². The van der Waals surface area contributed by atoms with E-state index in [-0.39, 0.29) is 12.4 Å². The number of carbonyl (C=O) groups excluding carboxylic acids is 1. The Labute approximate surface area is 236 Å². The van der Waals surface area contributed by atoms with E-state index in [2.05, 4.69) is 29.7 Å². The van der Waals surface area contributed by atoms with Crippen LogP contribution in [0.3, 0.4) is 0 Å². The lowest BCUT2D eigenvalue weighted by Crippen LogP contribution is -2.48. The van der Waals surface area contributed by atoms with Gasteiger partial charge in [-0.1, -0.05) is 12.1 Å². The number of nitrogens with one attached hydrogen (secondary N) is 1. The van der Waals surface area contributed by atoms with Gasteiger partial charge in [-0.05, 0) is 42.8 Å². The second kappa shape index (κ2) is 11.1. The molecule has 5 heterocycles. The molecule has 0 saturated carbocycles. The van der Waals surface area contributed by atoms with Gasteiger partial charge in [0, 0.05) is 61.1 Å². The first-order chi connectivity index (χ1) is 20.0. The first-order valence-electron chi connectivity index (χ1n) is 13.4. The van der Waals surface area contributed by atoms with Gasteiger partial charge in [0.1, 0.15) is 11.6 Å². The van der Waals surface area contributed by atoms with Crippen LogP contribution in [0.1, 0.15) is 12.5 Å². The zero-order valence-corrected chi connectivity index (χ0v) is 22.5. The van der Waals surface area contributed by atoms with E-state index in [0.717, 1.165) is 38.7 Å². The standard InChI is InChI=1S/C30H29N7O4/c1-2-41-29(38)15-20-3-5-21(6-4-20)37-25-16-28(33-18-24(25)23-9-10-31-19-26(23)37)34-27-8-7-22(17-32-27)35-11-13-36(14-12-35)30(39)40/h3-10,16-19H,2,11-15H2,1H3,(H,39,40)(H,32,33,34). The molecule has 4 aromatic heterocycles. The number of carboxylic acid groups (broad SMARTS) is 1. The molecule has 1 aliphatic heterocycles. The van der Waals surface area contributed by atoms with Gasteiger partial charge in [-0.2, -0.15) is 0 Å². The van der Waals surface area contributed by atoms with Crippen LogP contribution in [0.5, 0.6) is 0 Å². The highest BCUT2D eigenvalue weighted by atomic mass is 16.5. The fourth-order valence-corrected chi connectivity index (χ4v) is 5.18. The number of piperazine rings is 1. The molecule has 1 saturated heterocycles. The molecule has 208 valence electrons. The summed E-state index contributed by atoms with van der Waals surface area (Å²) in [5, 5.41) is 14.5. The van der Waals surface area contributed by atoms with Crippen LogP contribution in [0.25, 0.3) is 27.5 Å². The summed E-state index contributed by atoms with van der Waals surface area (Å²) in [5.74, 6) is 1.05. The quantitative estimate of drug-likeness (QED) is 0.279. The molecule has 1 fully saturated rings. The monoisotopic (exact) mass is 551 g/mol. The maximum absolute atomic E-state index is 11.9. The van der Waals surface area contributed by atoms with E-state index in [1.165, 1.54) is 4.90 Å². The maximum atomic E-state index is 11.9. The fraction of sp³-hybridized carbons (Fsp3) is 0.233. The van der Waals surface area contributed by atoms with E-state index in [4.69, 9.17) is 4.74 Å². The Hall–Kier alpha value is -5.19. The van der Waals surface area contributed by atoms with Crippen LogP contribution in [0.15, 0.2) is 73.3 Å². The maximum Gasteiger partial charge on any atom is 0.407 e. The molecule has 11 heteroatoms. The van der Waals surface area contributed by atoms with Gasteiger partial charge in [-0.15, -0.1) is 0 Å². The van der Waals surface area contributed by atoms with Gasteiger partial charge in [0.15, 0.2) is 0 Å². The number of fused-ring (bicyclic) bond motifs is 3. The number of hydrogen-bond donors (Lipinski definition) is 2. The van der Waals surface area contributed by atoms with Crippen molar-refractivity contribution in [3.8, 4) is 5.69 Å². The summed E-state index contributed by atoms with van der Waals surface area (Å²) in [6.07, 6.45) is 6.59. The van der Waals surface area contributed by atoms with Gasteiger partial charge in [-0.25, -0.2) is 14.8 Å². The molecule has 6 rings (SSSR count). The zero-order chi connectivity index (χ0) is 28.3. The lowest BCUT2D eigenvalue weighted by atomic mass is 10.1. The molecule has 0 bridgehead atoms. The van der Waals surface area contributed by atoms with E-state index >= 15 is 0 Å². The van der Waals surface area contributed by atoms with Gasteiger partial charge >= 0.3 is 12.1 Å². The Balaban J connectivity index is 1.26. The summed E-state index contributed by atoms with van der Waals surface area (Å²) in [6, 6.07) is 15.7. The summed E-state index contributed by atoms with van der Waals surface area (Å²) >= 11 is 0. The minimum atomic E-state index is -0.881. The van der Waals surface area contributed by atoms with E-state index in [0.29, 0.717) is 44.4 Å². The minimum absolute atomic E-state index is 0.227. The molecule has 11 nitrogen and oxygen atoms in total. The van der Waals surface area contributed by atoms with Crippen molar-refractivity contribution in [2.75, 3.05) is 43.0 Å². The van der Waals surface area contributed by atoms with Crippen LogP contribution in [0.2, 0.25) is 0 Å². The summed E-state index contributed by atoms with van der Waals surface area (Å²) in [5.41, 5.74) is 4.67. The average molecular weight is 552 g/mol. The average Bonchev–Trinajstić information content (AvgIpc) is 3.32. The molecule has 1 amide bonds. The van der Waals surface area contributed by atoms with E-state index in [9.17, 15) is 14.7 Å². The van der Waals surface area contributed by atoms with Crippen LogP contribution in [0, 0.1) is 0 Å². The van der Waals surface area contributed by atoms with Crippen molar-refractivity contribution in [1.29, 1.82) is 0 Å². The lowest BCUT2D eigenvalue weighted by molar-refractivity contribution is -0.142. The first kappa shape index (κ1) is 26.1. The highest BCUT2D eigenvalue weighted by Crippen LogP contribution is 2.33. The Morgan fingerprint density at radius 3 is 2.34 bits per heavy atom. The first-order valence-corrected chi connectivity index (χ1v) is 13.4. The predicted molar refractivity (Wildman–Crippen MR) is 156 cm³/mol. The van der Waals surface area contributed by atoms with Crippen molar-refractivity contribution >= 4 is 51.2 Å². The normalized spacial score (nSPS) is 13.5. The second-order valence-corrected chi connectivity index (χ2v) is 9.75. The summed E-state index contributed by atoms with van der Waals surface area (Å²) in [6.45, 7) is 4.35. The van der Waals surface area contributed by atoms with Crippen LogP contribution in [-0.2, 0) is 16.0 Å². The molecule has 0 unspecified atom stereocenters. The molecular weight excluding hydrogens is 522 g/mol. The number of nitrogens with zero attached hydrogens (tertiary/aromatic N) is 6. The van der Waals surface area contributed by atoms with Crippen LogP contribution in [0.4, 0.5) is 22.1 Å². The Bertz CT molecular complexity index is 1710. The number of ether oxygens (including phenoxy) is 1. The highest BCUT2D eigenvalue weighted by molar-refractivity contribution is 6.09. The highest BCUT2D eigenvalue weighted by Gasteiger charge is 2.21. The number of pyridine rings is 3. The molecule has 0 spiro atoms. The molecule has 41 heavy (non-hydrogen) atoms. The number of amides is 1. The minimum Gasteiger partial charge on any atom is -0.466 e. The van der Waals surface area contributed by atoms with Gasteiger partial charge in [0.05, 0.1) is 42.1 Å². The van der Waals surface area contributed by atoms with Gasteiger partial charge in [-0.3, -0.25) is 9.78 Å². The number of aromatic nitrogens is 4. The zero-order valence-electron chi connectivity index (χ0n) is 22.5. The number of hydrogen-bond acceptors (Lipinski definition) is 8. The smallest absolute Gasteiger partial charge is 0.407 e. The fourth-order valence-electron chi connectivity index (χ4n) is 5.18. The summed E-state index contributed by atoms with van der Waals surface area (Å²) < 4.78 is 7.21. The molecule has 5 aromatic rings. The second-order valence-electron chi connectivity index (χ2n) is 9.75. The number of anilines is 3. The molecule has 0 radical (unpaired) electrons. The number of rotatable bonds is 7. The van der Waals surface area contributed by atoms with Crippen molar-refractivity contribution in [1.82, 2.24) is 24.4 Å². The van der Waals surface area contributed by atoms with Crippen molar-refractivity contribution in [2.24, 2.45) is 0 Å². The molecule has 1 aromatic carbocycles. The Morgan fingerprint density at radius 1 is 0.878 bits per heavy atom.